The molecule has 3 amide bonds. The van der Waals surface area contributed by atoms with E-state index in [9.17, 15) is 37.5 Å². The molecule has 1 aliphatic heterocycles. The number of benzene rings is 2. The molecule has 8 nitrogen and oxygen atoms in total. The van der Waals surface area contributed by atoms with Crippen molar-refractivity contribution in [3.8, 4) is 0 Å². The number of carboxylic acid groups (broad SMARTS) is 1. The zero-order valence-corrected chi connectivity index (χ0v) is 28.5. The molecule has 0 aromatic heterocycles. The standard InChI is InChI=1S/C38H50F3N3O5/c1-2-3-4-5-6-7-8-9-10-11-23-42-35(46)32-18-15-30(16-19-32)27-44(36(47)37(48)49)28-31-21-24-43(25-22-31)34(45)20-17-29-13-12-14-33(26-29)38(39,40)41/h12-20,26,31H,2-11,21-25,27-28H2,1H3,(H,42,46)(H,48,49)/b20-17+. The van der Waals surface area contributed by atoms with Crippen LogP contribution in [-0.2, 0) is 27.1 Å². The number of carbonyl (C=O) groups excluding carboxylic acids is 3. The van der Waals surface area contributed by atoms with Crippen LogP contribution in [0.5, 0.6) is 0 Å². The third-order valence-corrected chi connectivity index (χ3v) is 8.91. The fraction of sp³-hybridized carbons (Fsp3) is 0.526. The van der Waals surface area contributed by atoms with E-state index in [-0.39, 0.29) is 36.4 Å². The summed E-state index contributed by atoms with van der Waals surface area (Å²) in [5, 5.41) is 12.4. The Kier molecular flexibility index (Phi) is 16.3. The molecule has 0 bridgehead atoms. The lowest BCUT2D eigenvalue weighted by Crippen LogP contribution is -2.44. The Bertz CT molecular complexity index is 1390. The number of likely N-dealkylation sites (tertiary alicyclic amines) is 1. The number of piperidine rings is 1. The minimum absolute atomic E-state index is 0.0457. The van der Waals surface area contributed by atoms with Crippen molar-refractivity contribution in [3.05, 3.63) is 76.9 Å². The molecule has 0 spiro atoms. The molecular weight excluding hydrogens is 635 g/mol. The zero-order valence-electron chi connectivity index (χ0n) is 28.5. The number of nitrogens with one attached hydrogen (secondary N) is 1. The van der Waals surface area contributed by atoms with Crippen molar-refractivity contribution >= 4 is 29.8 Å². The van der Waals surface area contributed by atoms with Gasteiger partial charge in [-0.05, 0) is 66.6 Å². The third-order valence-electron chi connectivity index (χ3n) is 8.91. The smallest absolute Gasteiger partial charge is 0.416 e. The first-order chi connectivity index (χ1) is 23.5. The van der Waals surface area contributed by atoms with Crippen LogP contribution in [0, 0.1) is 5.92 Å². The molecule has 11 heteroatoms. The fourth-order valence-electron chi connectivity index (χ4n) is 5.99. The van der Waals surface area contributed by atoms with Gasteiger partial charge in [-0.25, -0.2) is 4.79 Å². The van der Waals surface area contributed by atoms with Gasteiger partial charge >= 0.3 is 18.1 Å². The fourth-order valence-corrected chi connectivity index (χ4v) is 5.99. The molecule has 268 valence electrons. The predicted molar refractivity (Wildman–Crippen MR) is 183 cm³/mol. The molecule has 2 aromatic rings. The van der Waals surface area contributed by atoms with E-state index in [1.54, 1.807) is 29.2 Å². The van der Waals surface area contributed by atoms with Crippen LogP contribution < -0.4 is 5.32 Å². The number of halogens is 3. The van der Waals surface area contributed by atoms with Crippen molar-refractivity contribution in [2.45, 2.75) is 96.7 Å². The summed E-state index contributed by atoms with van der Waals surface area (Å²) in [6.07, 6.45) is 11.4. The van der Waals surface area contributed by atoms with Gasteiger partial charge in [0.1, 0.15) is 0 Å². The number of carboxylic acids is 1. The molecule has 1 aliphatic rings. The van der Waals surface area contributed by atoms with E-state index in [0.717, 1.165) is 25.0 Å². The number of hydrogen-bond donors (Lipinski definition) is 2. The minimum atomic E-state index is -4.47. The van der Waals surface area contributed by atoms with Crippen LogP contribution >= 0.6 is 0 Å². The Hall–Kier alpha value is -4.15. The maximum absolute atomic E-state index is 13.0. The van der Waals surface area contributed by atoms with Gasteiger partial charge in [-0.3, -0.25) is 14.4 Å². The second-order valence-electron chi connectivity index (χ2n) is 12.9. The van der Waals surface area contributed by atoms with Gasteiger partial charge in [0.2, 0.25) is 5.91 Å². The number of nitrogens with zero attached hydrogens (tertiary/aromatic N) is 2. The van der Waals surface area contributed by atoms with Gasteiger partial charge in [0.15, 0.2) is 0 Å². The van der Waals surface area contributed by atoms with E-state index in [2.05, 4.69) is 12.2 Å². The van der Waals surface area contributed by atoms with E-state index in [1.165, 1.54) is 80.6 Å². The number of carbonyl (C=O) groups is 4. The Balaban J connectivity index is 1.42. The molecular formula is C38H50F3N3O5. The molecule has 2 N–H and O–H groups in total. The topological polar surface area (TPSA) is 107 Å². The maximum atomic E-state index is 13.0. The number of amides is 3. The molecule has 0 saturated carbocycles. The van der Waals surface area contributed by atoms with Crippen molar-refractivity contribution in [2.24, 2.45) is 5.92 Å². The lowest BCUT2D eigenvalue weighted by molar-refractivity contribution is -0.156. The SMILES string of the molecule is CCCCCCCCCCCCNC(=O)c1ccc(CN(CC2CCN(C(=O)/C=C/c3cccc(C(F)(F)F)c3)CC2)C(=O)C(=O)O)cc1. The monoisotopic (exact) mass is 685 g/mol. The van der Waals surface area contributed by atoms with E-state index >= 15 is 0 Å². The summed E-state index contributed by atoms with van der Waals surface area (Å²) in [4.78, 5) is 52.3. The highest BCUT2D eigenvalue weighted by Crippen LogP contribution is 2.30. The number of unbranched alkanes of at least 4 members (excludes halogenated alkanes) is 9. The summed E-state index contributed by atoms with van der Waals surface area (Å²) < 4.78 is 39.0. The van der Waals surface area contributed by atoms with E-state index in [1.807, 2.05) is 0 Å². The number of hydrogen-bond acceptors (Lipinski definition) is 4. The maximum Gasteiger partial charge on any atom is 0.416 e. The third kappa shape index (κ3) is 14.1. The molecule has 1 saturated heterocycles. The largest absolute Gasteiger partial charge is 0.474 e. The highest BCUT2D eigenvalue weighted by molar-refractivity contribution is 6.31. The molecule has 2 aromatic carbocycles. The van der Waals surface area contributed by atoms with Gasteiger partial charge < -0.3 is 20.2 Å². The number of alkyl halides is 3. The zero-order chi connectivity index (χ0) is 35.6. The summed E-state index contributed by atoms with van der Waals surface area (Å²) in [6.45, 7) is 3.82. The van der Waals surface area contributed by atoms with Gasteiger partial charge in [0, 0.05) is 44.4 Å². The normalized spacial score (nSPS) is 13.8. The number of rotatable bonds is 18. The van der Waals surface area contributed by atoms with Crippen molar-refractivity contribution < 1.29 is 37.5 Å². The lowest BCUT2D eigenvalue weighted by Gasteiger charge is -2.34. The second-order valence-corrected chi connectivity index (χ2v) is 12.9. The van der Waals surface area contributed by atoms with Crippen LogP contribution in [0.1, 0.15) is 111 Å². The summed E-state index contributed by atoms with van der Waals surface area (Å²) in [6, 6.07) is 11.5. The molecule has 0 radical (unpaired) electrons. The molecule has 0 unspecified atom stereocenters. The lowest BCUT2D eigenvalue weighted by atomic mass is 9.95. The minimum Gasteiger partial charge on any atom is -0.474 e. The van der Waals surface area contributed by atoms with Crippen LogP contribution in [0.3, 0.4) is 0 Å². The molecule has 1 heterocycles. The average Bonchev–Trinajstić information content (AvgIpc) is 3.09. The molecule has 3 rings (SSSR count). The highest BCUT2D eigenvalue weighted by Gasteiger charge is 2.30. The van der Waals surface area contributed by atoms with Crippen LogP contribution in [0.4, 0.5) is 13.2 Å². The first-order valence-electron chi connectivity index (χ1n) is 17.5. The Morgan fingerprint density at radius 2 is 1.51 bits per heavy atom. The van der Waals surface area contributed by atoms with E-state index < -0.39 is 23.6 Å². The first kappa shape index (κ1) is 39.3. The van der Waals surface area contributed by atoms with Crippen molar-refractivity contribution in [1.82, 2.24) is 15.1 Å². The second kappa shape index (κ2) is 20.4. The van der Waals surface area contributed by atoms with E-state index in [0.29, 0.717) is 43.6 Å². The summed E-state index contributed by atoms with van der Waals surface area (Å²) in [7, 11) is 0. The Morgan fingerprint density at radius 3 is 2.10 bits per heavy atom. The van der Waals surface area contributed by atoms with Crippen LogP contribution in [0.15, 0.2) is 54.6 Å². The van der Waals surface area contributed by atoms with Gasteiger partial charge in [0.25, 0.3) is 5.91 Å². The number of aliphatic carboxylic acids is 1. The van der Waals surface area contributed by atoms with Crippen molar-refractivity contribution in [1.29, 1.82) is 0 Å². The molecule has 0 aliphatic carbocycles. The summed E-state index contributed by atoms with van der Waals surface area (Å²) in [5.41, 5.74) is 0.651. The van der Waals surface area contributed by atoms with Gasteiger partial charge in [-0.15, -0.1) is 0 Å². The predicted octanol–water partition coefficient (Wildman–Crippen LogP) is 7.72. The highest BCUT2D eigenvalue weighted by atomic mass is 19.4. The molecule has 1 fully saturated rings. The summed E-state index contributed by atoms with van der Waals surface area (Å²) in [5.74, 6) is -3.14. The van der Waals surface area contributed by atoms with E-state index in [4.69, 9.17) is 0 Å². The van der Waals surface area contributed by atoms with Gasteiger partial charge in [-0.1, -0.05) is 89.0 Å². The molecule has 49 heavy (non-hydrogen) atoms. The van der Waals surface area contributed by atoms with Gasteiger partial charge in [-0.2, -0.15) is 13.2 Å². The van der Waals surface area contributed by atoms with Crippen molar-refractivity contribution in [2.75, 3.05) is 26.2 Å². The Labute approximate surface area is 287 Å². The molecule has 0 atom stereocenters. The van der Waals surface area contributed by atoms with Crippen LogP contribution in [0.2, 0.25) is 0 Å². The van der Waals surface area contributed by atoms with Crippen LogP contribution in [-0.4, -0.2) is 64.8 Å². The first-order valence-corrected chi connectivity index (χ1v) is 17.5. The summed E-state index contributed by atoms with van der Waals surface area (Å²) >= 11 is 0. The quantitative estimate of drug-likeness (QED) is 0.0950. The van der Waals surface area contributed by atoms with Gasteiger partial charge in [0.05, 0.1) is 5.56 Å². The van der Waals surface area contributed by atoms with Crippen molar-refractivity contribution in [3.63, 3.8) is 0 Å². The average molecular weight is 686 g/mol. The Morgan fingerprint density at radius 1 is 0.898 bits per heavy atom. The van der Waals surface area contributed by atoms with Crippen LogP contribution in [0.25, 0.3) is 6.08 Å².